The van der Waals surface area contributed by atoms with Gasteiger partial charge in [0.1, 0.15) is 11.6 Å². The summed E-state index contributed by atoms with van der Waals surface area (Å²) in [4.78, 5) is 23.7. The minimum Gasteiger partial charge on any atom is -0.452 e. The van der Waals surface area contributed by atoms with Gasteiger partial charge in [0.25, 0.3) is 5.91 Å². The Morgan fingerprint density at radius 1 is 1.04 bits per heavy atom. The third-order valence-corrected chi connectivity index (χ3v) is 3.53. The smallest absolute Gasteiger partial charge is 0.338 e. The standard InChI is InChI=1S/C19H19F2NO3/c1-19(2,3)13-6-4-12(5-7-13)18(24)25-11-17(23)22-16-9-8-14(20)10-15(16)21/h4-10H,11H2,1-3H3,(H,22,23). The van der Waals surface area contributed by atoms with E-state index in [1.54, 1.807) is 12.1 Å². The third-order valence-electron chi connectivity index (χ3n) is 3.53. The number of hydrogen-bond donors (Lipinski definition) is 1. The van der Waals surface area contributed by atoms with E-state index in [9.17, 15) is 18.4 Å². The van der Waals surface area contributed by atoms with E-state index in [0.29, 0.717) is 11.6 Å². The van der Waals surface area contributed by atoms with Crippen molar-refractivity contribution in [2.24, 2.45) is 0 Å². The molecule has 132 valence electrons. The topological polar surface area (TPSA) is 55.4 Å². The Morgan fingerprint density at radius 3 is 2.24 bits per heavy atom. The van der Waals surface area contributed by atoms with E-state index >= 15 is 0 Å². The van der Waals surface area contributed by atoms with Crippen LogP contribution in [0.1, 0.15) is 36.7 Å². The highest BCUT2D eigenvalue weighted by molar-refractivity contribution is 5.95. The first-order valence-corrected chi connectivity index (χ1v) is 7.69. The van der Waals surface area contributed by atoms with Crippen LogP contribution in [0.4, 0.5) is 14.5 Å². The molecule has 1 N–H and O–H groups in total. The maximum Gasteiger partial charge on any atom is 0.338 e. The minimum absolute atomic E-state index is 0.0401. The number of carbonyl (C=O) groups excluding carboxylic acids is 2. The fraction of sp³-hybridized carbons (Fsp3) is 0.263. The highest BCUT2D eigenvalue weighted by Gasteiger charge is 2.16. The van der Waals surface area contributed by atoms with Crippen molar-refractivity contribution in [3.8, 4) is 0 Å². The molecule has 2 aromatic rings. The zero-order valence-corrected chi connectivity index (χ0v) is 14.2. The van der Waals surface area contributed by atoms with Crippen LogP contribution < -0.4 is 5.32 Å². The predicted octanol–water partition coefficient (Wildman–Crippen LogP) is 4.06. The summed E-state index contributed by atoms with van der Waals surface area (Å²) in [5, 5.41) is 2.22. The molecule has 4 nitrogen and oxygen atoms in total. The number of rotatable bonds is 4. The Hall–Kier alpha value is -2.76. The molecule has 2 aromatic carbocycles. The summed E-state index contributed by atoms with van der Waals surface area (Å²) in [6.45, 7) is 5.59. The maximum atomic E-state index is 13.4. The van der Waals surface area contributed by atoms with E-state index in [2.05, 4.69) is 26.1 Å². The molecule has 2 rings (SSSR count). The van der Waals surface area contributed by atoms with Crippen LogP contribution >= 0.6 is 0 Å². The lowest BCUT2D eigenvalue weighted by atomic mass is 9.87. The molecule has 0 aliphatic heterocycles. The van der Waals surface area contributed by atoms with Crippen LogP contribution in [0.25, 0.3) is 0 Å². The highest BCUT2D eigenvalue weighted by atomic mass is 19.1. The number of halogens is 2. The van der Waals surface area contributed by atoms with Crippen LogP contribution in [0.15, 0.2) is 42.5 Å². The quantitative estimate of drug-likeness (QED) is 0.849. The normalized spacial score (nSPS) is 11.1. The monoisotopic (exact) mass is 347 g/mol. The van der Waals surface area contributed by atoms with Gasteiger partial charge in [-0.05, 0) is 35.2 Å². The Kier molecular flexibility index (Phi) is 5.51. The van der Waals surface area contributed by atoms with Crippen molar-refractivity contribution in [1.29, 1.82) is 0 Å². The lowest BCUT2D eigenvalue weighted by Gasteiger charge is -2.18. The van der Waals surface area contributed by atoms with E-state index in [4.69, 9.17) is 4.74 Å². The van der Waals surface area contributed by atoms with Gasteiger partial charge in [0.05, 0.1) is 11.3 Å². The van der Waals surface area contributed by atoms with Crippen molar-refractivity contribution in [2.75, 3.05) is 11.9 Å². The molecule has 0 aliphatic rings. The van der Waals surface area contributed by atoms with Gasteiger partial charge in [-0.3, -0.25) is 4.79 Å². The Bertz CT molecular complexity index is 780. The van der Waals surface area contributed by atoms with Crippen LogP contribution in [0, 0.1) is 11.6 Å². The van der Waals surface area contributed by atoms with Crippen LogP contribution in [0.3, 0.4) is 0 Å². The van der Waals surface area contributed by atoms with Gasteiger partial charge in [-0.2, -0.15) is 0 Å². The second-order valence-electron chi connectivity index (χ2n) is 6.58. The molecular weight excluding hydrogens is 328 g/mol. The Labute approximate surface area is 144 Å². The molecule has 0 aromatic heterocycles. The Balaban J connectivity index is 1.92. The van der Waals surface area contributed by atoms with Crippen molar-refractivity contribution in [2.45, 2.75) is 26.2 Å². The molecule has 0 atom stereocenters. The molecule has 0 saturated heterocycles. The number of ether oxygens (including phenoxy) is 1. The molecule has 0 saturated carbocycles. The van der Waals surface area contributed by atoms with Gasteiger partial charge >= 0.3 is 5.97 Å². The molecular formula is C19H19F2NO3. The third kappa shape index (κ3) is 5.11. The van der Waals surface area contributed by atoms with E-state index in [1.807, 2.05) is 12.1 Å². The van der Waals surface area contributed by atoms with E-state index < -0.39 is 30.1 Å². The summed E-state index contributed by atoms with van der Waals surface area (Å²) in [6.07, 6.45) is 0. The second kappa shape index (κ2) is 7.42. The van der Waals surface area contributed by atoms with Crippen LogP contribution in [0.5, 0.6) is 0 Å². The summed E-state index contributed by atoms with van der Waals surface area (Å²) < 4.78 is 31.2. The number of carbonyl (C=O) groups is 2. The highest BCUT2D eigenvalue weighted by Crippen LogP contribution is 2.22. The maximum absolute atomic E-state index is 13.4. The summed E-state index contributed by atoms with van der Waals surface area (Å²) >= 11 is 0. The lowest BCUT2D eigenvalue weighted by molar-refractivity contribution is -0.119. The first-order chi connectivity index (χ1) is 11.7. The van der Waals surface area contributed by atoms with Gasteiger partial charge in [0.15, 0.2) is 6.61 Å². The summed E-state index contributed by atoms with van der Waals surface area (Å²) in [5.41, 5.74) is 1.15. The van der Waals surface area contributed by atoms with Crippen LogP contribution in [-0.2, 0) is 14.9 Å². The minimum atomic E-state index is -0.905. The molecule has 0 radical (unpaired) electrons. The van der Waals surface area contributed by atoms with Crippen molar-refractivity contribution in [3.05, 3.63) is 65.2 Å². The number of esters is 1. The number of amides is 1. The van der Waals surface area contributed by atoms with Crippen molar-refractivity contribution >= 4 is 17.6 Å². The van der Waals surface area contributed by atoms with Crippen LogP contribution in [-0.4, -0.2) is 18.5 Å². The van der Waals surface area contributed by atoms with E-state index in [1.165, 1.54) is 0 Å². The summed E-state index contributed by atoms with van der Waals surface area (Å²) in [7, 11) is 0. The van der Waals surface area contributed by atoms with Crippen LogP contribution in [0.2, 0.25) is 0 Å². The first kappa shape index (κ1) is 18.6. The number of hydrogen-bond acceptors (Lipinski definition) is 3. The van der Waals surface area contributed by atoms with Crippen molar-refractivity contribution in [3.63, 3.8) is 0 Å². The van der Waals surface area contributed by atoms with Gasteiger partial charge < -0.3 is 10.1 Å². The number of benzene rings is 2. The fourth-order valence-corrected chi connectivity index (χ4v) is 2.10. The van der Waals surface area contributed by atoms with Gasteiger partial charge in [0.2, 0.25) is 0 Å². The molecule has 0 aliphatic carbocycles. The van der Waals surface area contributed by atoms with Gasteiger partial charge in [-0.15, -0.1) is 0 Å². The molecule has 1 amide bonds. The summed E-state index contributed by atoms with van der Waals surface area (Å²) in [6, 6.07) is 9.66. The molecule has 0 spiro atoms. The predicted molar refractivity (Wildman–Crippen MR) is 90.4 cm³/mol. The molecule has 0 unspecified atom stereocenters. The largest absolute Gasteiger partial charge is 0.452 e. The Morgan fingerprint density at radius 2 is 1.68 bits per heavy atom. The molecule has 0 bridgehead atoms. The summed E-state index contributed by atoms with van der Waals surface area (Å²) in [5.74, 6) is -3.03. The van der Waals surface area contributed by atoms with Gasteiger partial charge in [0, 0.05) is 6.07 Å². The second-order valence-corrected chi connectivity index (χ2v) is 6.58. The van der Waals surface area contributed by atoms with E-state index in [-0.39, 0.29) is 11.1 Å². The van der Waals surface area contributed by atoms with Gasteiger partial charge in [-0.25, -0.2) is 13.6 Å². The fourth-order valence-electron chi connectivity index (χ4n) is 2.10. The van der Waals surface area contributed by atoms with E-state index in [0.717, 1.165) is 17.7 Å². The zero-order chi connectivity index (χ0) is 18.6. The SMILES string of the molecule is CC(C)(C)c1ccc(C(=O)OCC(=O)Nc2ccc(F)cc2F)cc1. The molecule has 25 heavy (non-hydrogen) atoms. The van der Waals surface area contributed by atoms with Gasteiger partial charge in [-0.1, -0.05) is 32.9 Å². The lowest BCUT2D eigenvalue weighted by Crippen LogP contribution is -2.21. The van der Waals surface area contributed by atoms with Crippen molar-refractivity contribution in [1.82, 2.24) is 0 Å². The molecule has 6 heteroatoms. The average molecular weight is 347 g/mol. The number of anilines is 1. The zero-order valence-electron chi connectivity index (χ0n) is 14.2. The number of nitrogens with one attached hydrogen (secondary N) is 1. The van der Waals surface area contributed by atoms with Crippen molar-refractivity contribution < 1.29 is 23.1 Å². The average Bonchev–Trinajstić information content (AvgIpc) is 2.54. The molecule has 0 heterocycles. The molecule has 0 fully saturated rings. The first-order valence-electron chi connectivity index (χ1n) is 7.69.